The summed E-state index contributed by atoms with van der Waals surface area (Å²) in [6.45, 7) is 0.357. The molecular weight excluding hydrogens is 523 g/mol. The van der Waals surface area contributed by atoms with E-state index >= 15 is 0 Å². The normalized spacial score (nSPS) is 12.3. The lowest BCUT2D eigenvalue weighted by atomic mass is 10.0. The Morgan fingerprint density at radius 2 is 1.69 bits per heavy atom. The number of halogens is 4. The highest BCUT2D eigenvalue weighted by Crippen LogP contribution is 2.40. The highest BCUT2D eigenvalue weighted by atomic mass is 35.5. The van der Waals surface area contributed by atoms with Crippen molar-refractivity contribution in [1.29, 1.82) is 0 Å². The summed E-state index contributed by atoms with van der Waals surface area (Å²) in [4.78, 5) is 17.7. The number of carbonyl (C=O) groups is 1. The number of amides is 1. The Kier molecular flexibility index (Phi) is 8.19. The molecule has 0 aliphatic rings. The molecule has 1 atom stereocenters. The Hall–Kier alpha value is -2.95. The SMILES string of the molecule is CN(CCN(C)c1cc(C(c2cc(F)ccc2F)S(=O)(=O)c2ccc(Cl)cc2)c(Cl)cn1)C(=O)O. The number of rotatable bonds is 8. The van der Waals surface area contributed by atoms with Crippen LogP contribution in [0.25, 0.3) is 0 Å². The third-order valence-corrected chi connectivity index (χ3v) is 7.96. The van der Waals surface area contributed by atoms with Crippen molar-refractivity contribution in [3.05, 3.63) is 87.5 Å². The Labute approximate surface area is 211 Å². The number of hydrogen-bond acceptors (Lipinski definition) is 5. The van der Waals surface area contributed by atoms with E-state index in [1.165, 1.54) is 43.6 Å². The molecule has 0 saturated heterocycles. The molecule has 0 bridgehead atoms. The van der Waals surface area contributed by atoms with Crippen LogP contribution in [0.15, 0.2) is 59.6 Å². The fourth-order valence-electron chi connectivity index (χ4n) is 3.34. The lowest BCUT2D eigenvalue weighted by Gasteiger charge is -2.24. The summed E-state index contributed by atoms with van der Waals surface area (Å²) in [7, 11) is -1.32. The smallest absolute Gasteiger partial charge is 0.407 e. The fourth-order valence-corrected chi connectivity index (χ4v) is 5.58. The predicted octanol–water partition coefficient (Wildman–Crippen LogP) is 5.28. The molecule has 1 unspecified atom stereocenters. The average Bonchev–Trinajstić information content (AvgIpc) is 2.80. The second kappa shape index (κ2) is 10.8. The first kappa shape index (κ1) is 26.7. The number of hydrogen-bond donors (Lipinski definition) is 1. The van der Waals surface area contributed by atoms with Crippen LogP contribution in [0.3, 0.4) is 0 Å². The molecule has 3 rings (SSSR count). The molecule has 0 radical (unpaired) electrons. The van der Waals surface area contributed by atoms with Crippen molar-refractivity contribution in [3.63, 3.8) is 0 Å². The highest BCUT2D eigenvalue weighted by molar-refractivity contribution is 7.92. The molecular formula is C23H21Cl2F2N3O4S. The molecule has 12 heteroatoms. The molecule has 0 saturated carbocycles. The van der Waals surface area contributed by atoms with Gasteiger partial charge in [0.15, 0.2) is 9.84 Å². The number of aromatic nitrogens is 1. The highest BCUT2D eigenvalue weighted by Gasteiger charge is 2.35. The maximum atomic E-state index is 14.9. The molecule has 1 N–H and O–H groups in total. The van der Waals surface area contributed by atoms with Crippen LogP contribution in [-0.4, -0.2) is 56.7 Å². The third kappa shape index (κ3) is 6.01. The van der Waals surface area contributed by atoms with Crippen molar-refractivity contribution in [3.8, 4) is 0 Å². The van der Waals surface area contributed by atoms with Gasteiger partial charge in [0.25, 0.3) is 0 Å². The van der Waals surface area contributed by atoms with Gasteiger partial charge in [0.1, 0.15) is 22.7 Å². The monoisotopic (exact) mass is 543 g/mol. The van der Waals surface area contributed by atoms with Crippen molar-refractivity contribution >= 4 is 45.0 Å². The first-order valence-electron chi connectivity index (χ1n) is 10.2. The van der Waals surface area contributed by atoms with Gasteiger partial charge in [-0.2, -0.15) is 0 Å². The zero-order valence-electron chi connectivity index (χ0n) is 18.6. The van der Waals surface area contributed by atoms with Crippen LogP contribution in [0, 0.1) is 11.6 Å². The molecule has 1 aromatic heterocycles. The van der Waals surface area contributed by atoms with Gasteiger partial charge in [-0.3, -0.25) is 0 Å². The van der Waals surface area contributed by atoms with Gasteiger partial charge in [0.05, 0.1) is 9.92 Å². The quantitative estimate of drug-likeness (QED) is 0.415. The summed E-state index contributed by atoms with van der Waals surface area (Å²) in [5.74, 6) is -1.49. The molecule has 0 aliphatic heterocycles. The Morgan fingerprint density at radius 1 is 1.03 bits per heavy atom. The standard InChI is InChI=1S/C23H21Cl2F2N3O4S/c1-29(9-10-30(2)23(31)32)21-12-17(19(25)13-28-21)22(18-11-15(26)5-8-20(18)27)35(33,34)16-6-3-14(24)4-7-16/h3-8,11-13,22H,9-10H2,1-2H3,(H,31,32). The first-order valence-corrected chi connectivity index (χ1v) is 12.5. The summed E-state index contributed by atoms with van der Waals surface area (Å²) >= 11 is 12.3. The second-order valence-corrected chi connectivity index (χ2v) is 10.6. The van der Waals surface area contributed by atoms with Gasteiger partial charge in [-0.05, 0) is 54.1 Å². The molecule has 0 spiro atoms. The van der Waals surface area contributed by atoms with E-state index in [0.29, 0.717) is 5.02 Å². The van der Waals surface area contributed by atoms with Crippen LogP contribution in [0.5, 0.6) is 0 Å². The van der Waals surface area contributed by atoms with Crippen LogP contribution in [-0.2, 0) is 9.84 Å². The Balaban J connectivity index is 2.15. The van der Waals surface area contributed by atoms with E-state index in [1.807, 2.05) is 0 Å². The summed E-state index contributed by atoms with van der Waals surface area (Å²) in [6, 6.07) is 9.20. The van der Waals surface area contributed by atoms with Gasteiger partial charge < -0.3 is 14.9 Å². The Morgan fingerprint density at radius 3 is 2.31 bits per heavy atom. The van der Waals surface area contributed by atoms with Gasteiger partial charge >= 0.3 is 6.09 Å². The maximum absolute atomic E-state index is 14.9. The molecule has 7 nitrogen and oxygen atoms in total. The van der Waals surface area contributed by atoms with Gasteiger partial charge in [0.2, 0.25) is 0 Å². The fraction of sp³-hybridized carbons (Fsp3) is 0.217. The van der Waals surface area contributed by atoms with Crippen LogP contribution >= 0.6 is 23.2 Å². The van der Waals surface area contributed by atoms with Crippen LogP contribution in [0.1, 0.15) is 16.4 Å². The molecule has 2 aromatic carbocycles. The molecule has 1 amide bonds. The Bertz CT molecular complexity index is 1340. The van der Waals surface area contributed by atoms with E-state index < -0.39 is 38.4 Å². The summed E-state index contributed by atoms with van der Waals surface area (Å²) in [5.41, 5.74) is -0.443. The topological polar surface area (TPSA) is 90.8 Å². The molecule has 186 valence electrons. The largest absolute Gasteiger partial charge is 0.465 e. The molecule has 0 aliphatic carbocycles. The number of nitrogens with zero attached hydrogens (tertiary/aromatic N) is 3. The second-order valence-electron chi connectivity index (χ2n) is 7.73. The van der Waals surface area contributed by atoms with Crippen LogP contribution < -0.4 is 4.90 Å². The van der Waals surface area contributed by atoms with Gasteiger partial charge in [-0.1, -0.05) is 23.2 Å². The van der Waals surface area contributed by atoms with Crippen molar-refractivity contribution in [2.24, 2.45) is 0 Å². The van der Waals surface area contributed by atoms with E-state index in [1.54, 1.807) is 11.9 Å². The number of carboxylic acid groups (broad SMARTS) is 1. The molecule has 0 fully saturated rings. The third-order valence-electron chi connectivity index (χ3n) is 5.33. The minimum Gasteiger partial charge on any atom is -0.465 e. The van der Waals surface area contributed by atoms with Crippen molar-refractivity contribution < 1.29 is 27.1 Å². The maximum Gasteiger partial charge on any atom is 0.407 e. The number of benzene rings is 2. The van der Waals surface area contributed by atoms with Crippen LogP contribution in [0.2, 0.25) is 10.0 Å². The number of likely N-dealkylation sites (N-methyl/N-ethyl adjacent to an activating group) is 2. The number of pyridine rings is 1. The number of anilines is 1. The lowest BCUT2D eigenvalue weighted by molar-refractivity contribution is 0.157. The van der Waals surface area contributed by atoms with Gasteiger partial charge in [-0.25, -0.2) is 27.0 Å². The summed E-state index contributed by atoms with van der Waals surface area (Å²) in [5, 5.41) is 7.56. The van der Waals surface area contributed by atoms with E-state index in [-0.39, 0.29) is 34.4 Å². The number of sulfone groups is 1. The van der Waals surface area contributed by atoms with E-state index in [9.17, 15) is 22.0 Å². The van der Waals surface area contributed by atoms with Crippen molar-refractivity contribution in [1.82, 2.24) is 9.88 Å². The van der Waals surface area contributed by atoms with E-state index in [2.05, 4.69) is 4.98 Å². The predicted molar refractivity (Wildman–Crippen MR) is 130 cm³/mol. The summed E-state index contributed by atoms with van der Waals surface area (Å²) in [6.07, 6.45) is 0.101. The van der Waals surface area contributed by atoms with Crippen molar-refractivity contribution in [2.45, 2.75) is 10.1 Å². The van der Waals surface area contributed by atoms with Crippen LogP contribution in [0.4, 0.5) is 19.4 Å². The van der Waals surface area contributed by atoms with E-state index in [4.69, 9.17) is 28.3 Å². The van der Waals surface area contributed by atoms with Crippen molar-refractivity contribution in [2.75, 3.05) is 32.1 Å². The zero-order chi connectivity index (χ0) is 25.9. The molecule has 1 heterocycles. The average molecular weight is 544 g/mol. The minimum atomic E-state index is -4.35. The minimum absolute atomic E-state index is 0.0189. The lowest BCUT2D eigenvalue weighted by Crippen LogP contribution is -2.34. The zero-order valence-corrected chi connectivity index (χ0v) is 20.9. The first-order chi connectivity index (χ1) is 16.4. The molecule has 3 aromatic rings. The van der Waals surface area contributed by atoms with Gasteiger partial charge in [-0.15, -0.1) is 0 Å². The van der Waals surface area contributed by atoms with Gasteiger partial charge in [0, 0.05) is 44.0 Å². The summed E-state index contributed by atoms with van der Waals surface area (Å²) < 4.78 is 56.5. The van der Waals surface area contributed by atoms with E-state index in [0.717, 1.165) is 23.1 Å². The molecule has 35 heavy (non-hydrogen) atoms.